The number of benzene rings is 2. The molecule has 4 rings (SSSR count). The van der Waals surface area contributed by atoms with E-state index in [1.165, 1.54) is 0 Å². The predicted octanol–water partition coefficient (Wildman–Crippen LogP) is 4.41. The fraction of sp³-hybridized carbons (Fsp3) is 0.292. The first-order valence-corrected chi connectivity index (χ1v) is 11.3. The van der Waals surface area contributed by atoms with Gasteiger partial charge in [-0.2, -0.15) is 5.10 Å². The van der Waals surface area contributed by atoms with E-state index in [1.807, 2.05) is 35.1 Å². The Morgan fingerprint density at radius 1 is 1.06 bits per heavy atom. The molecule has 0 aliphatic carbocycles. The monoisotopic (exact) mass is 470 g/mol. The van der Waals surface area contributed by atoms with Crippen LogP contribution < -0.4 is 5.32 Å². The average molecular weight is 471 g/mol. The summed E-state index contributed by atoms with van der Waals surface area (Å²) in [5, 5.41) is 8.02. The molecule has 2 heterocycles. The average Bonchev–Trinajstić information content (AvgIpc) is 3.32. The number of rotatable bonds is 6. The van der Waals surface area contributed by atoms with E-state index in [2.05, 4.69) is 16.5 Å². The third-order valence-electron chi connectivity index (χ3n) is 5.61. The molecule has 1 aliphatic heterocycles. The minimum absolute atomic E-state index is 0.0332. The van der Waals surface area contributed by atoms with E-state index < -0.39 is 0 Å². The van der Waals surface area contributed by atoms with Gasteiger partial charge in [-0.25, -0.2) is 0 Å². The first-order chi connectivity index (χ1) is 15.5. The van der Waals surface area contributed by atoms with E-state index in [9.17, 15) is 9.59 Å². The topological polar surface area (TPSA) is 67.2 Å². The molecule has 3 aromatic rings. The maximum Gasteiger partial charge on any atom is 0.253 e. The third-order valence-corrected chi connectivity index (χ3v) is 6.35. The molecule has 0 saturated carbocycles. The van der Waals surface area contributed by atoms with Crippen LogP contribution in [-0.4, -0.2) is 39.6 Å². The molecule has 1 aliphatic rings. The molecule has 2 aromatic carbocycles. The van der Waals surface area contributed by atoms with Gasteiger partial charge >= 0.3 is 0 Å². The summed E-state index contributed by atoms with van der Waals surface area (Å²) < 4.78 is 1.86. The van der Waals surface area contributed by atoms with E-state index in [0.717, 1.165) is 24.0 Å². The van der Waals surface area contributed by atoms with Gasteiger partial charge in [0, 0.05) is 37.6 Å². The number of amides is 2. The summed E-state index contributed by atoms with van der Waals surface area (Å²) in [7, 11) is 0. The van der Waals surface area contributed by atoms with Crippen molar-refractivity contribution in [2.75, 3.05) is 13.1 Å². The molecule has 166 valence electrons. The van der Waals surface area contributed by atoms with Crippen LogP contribution in [0.2, 0.25) is 10.0 Å². The van der Waals surface area contributed by atoms with Crippen molar-refractivity contribution in [2.45, 2.75) is 25.9 Å². The van der Waals surface area contributed by atoms with Crippen molar-refractivity contribution in [3.63, 3.8) is 0 Å². The van der Waals surface area contributed by atoms with Crippen molar-refractivity contribution in [3.05, 3.63) is 87.7 Å². The molecule has 1 atom stereocenters. The zero-order valence-electron chi connectivity index (χ0n) is 17.5. The number of nitrogens with zero attached hydrogens (tertiary/aromatic N) is 3. The van der Waals surface area contributed by atoms with Gasteiger partial charge in [0.15, 0.2) is 0 Å². The molecular weight excluding hydrogens is 447 g/mol. The van der Waals surface area contributed by atoms with Crippen LogP contribution in [0.1, 0.15) is 34.3 Å². The molecule has 0 radical (unpaired) electrons. The Kier molecular flexibility index (Phi) is 7.12. The normalized spacial score (nSPS) is 16.1. The summed E-state index contributed by atoms with van der Waals surface area (Å²) >= 11 is 12.0. The highest BCUT2D eigenvalue weighted by molar-refractivity contribution is 6.42. The van der Waals surface area contributed by atoms with E-state index in [1.54, 1.807) is 29.3 Å². The number of aromatic nitrogens is 2. The molecule has 6 nitrogen and oxygen atoms in total. The fourth-order valence-electron chi connectivity index (χ4n) is 3.94. The summed E-state index contributed by atoms with van der Waals surface area (Å²) in [6.07, 6.45) is 5.22. The van der Waals surface area contributed by atoms with Crippen molar-refractivity contribution < 1.29 is 9.59 Å². The lowest BCUT2D eigenvalue weighted by Gasteiger charge is -2.32. The Labute approximate surface area is 197 Å². The second-order valence-corrected chi connectivity index (χ2v) is 8.78. The van der Waals surface area contributed by atoms with Gasteiger partial charge in [-0.05, 0) is 48.2 Å². The second-order valence-electron chi connectivity index (χ2n) is 7.96. The van der Waals surface area contributed by atoms with Crippen molar-refractivity contribution >= 4 is 35.0 Å². The molecule has 1 unspecified atom stereocenters. The van der Waals surface area contributed by atoms with E-state index >= 15 is 0 Å². The van der Waals surface area contributed by atoms with E-state index in [-0.39, 0.29) is 17.7 Å². The van der Waals surface area contributed by atoms with Crippen LogP contribution in [0, 0.1) is 5.92 Å². The molecule has 0 spiro atoms. The van der Waals surface area contributed by atoms with Crippen LogP contribution in [0.4, 0.5) is 0 Å². The first-order valence-electron chi connectivity index (χ1n) is 10.6. The Balaban J connectivity index is 1.33. The van der Waals surface area contributed by atoms with Crippen LogP contribution in [0.3, 0.4) is 0 Å². The largest absolute Gasteiger partial charge is 0.352 e. The maximum atomic E-state index is 12.9. The molecule has 1 saturated heterocycles. The Bertz CT molecular complexity index is 1100. The Morgan fingerprint density at radius 3 is 2.69 bits per heavy atom. The molecule has 2 amide bonds. The van der Waals surface area contributed by atoms with Crippen molar-refractivity contribution in [1.82, 2.24) is 20.0 Å². The summed E-state index contributed by atoms with van der Waals surface area (Å²) in [5.41, 5.74) is 2.63. The van der Waals surface area contributed by atoms with E-state index in [0.29, 0.717) is 41.8 Å². The highest BCUT2D eigenvalue weighted by Gasteiger charge is 2.29. The zero-order valence-corrected chi connectivity index (χ0v) is 19.0. The molecule has 32 heavy (non-hydrogen) atoms. The number of piperidine rings is 1. The van der Waals surface area contributed by atoms with Gasteiger partial charge in [-0.15, -0.1) is 0 Å². The highest BCUT2D eigenvalue weighted by atomic mass is 35.5. The third kappa shape index (κ3) is 5.50. The Morgan fingerprint density at radius 2 is 1.91 bits per heavy atom. The fourth-order valence-corrected chi connectivity index (χ4v) is 4.24. The molecule has 0 bridgehead atoms. The highest BCUT2D eigenvalue weighted by Crippen LogP contribution is 2.25. The van der Waals surface area contributed by atoms with E-state index in [4.69, 9.17) is 23.2 Å². The number of halogens is 2. The van der Waals surface area contributed by atoms with Crippen LogP contribution in [0.25, 0.3) is 0 Å². The van der Waals surface area contributed by atoms with Gasteiger partial charge in [0.05, 0.1) is 22.5 Å². The minimum atomic E-state index is -0.234. The van der Waals surface area contributed by atoms with Crippen LogP contribution in [-0.2, 0) is 17.9 Å². The number of hydrogen-bond acceptors (Lipinski definition) is 3. The van der Waals surface area contributed by atoms with Crippen molar-refractivity contribution in [2.24, 2.45) is 5.92 Å². The van der Waals surface area contributed by atoms with Crippen LogP contribution >= 0.6 is 23.2 Å². The molecule has 1 aromatic heterocycles. The van der Waals surface area contributed by atoms with Gasteiger partial charge < -0.3 is 10.2 Å². The lowest BCUT2D eigenvalue weighted by molar-refractivity contribution is -0.126. The standard InChI is InChI=1S/C24H24Cl2N4O2/c25-21-8-7-19(13-22(21)26)24(32)29-10-2-6-20(16-29)23(31)27-14-17-4-1-5-18(12-17)15-30-11-3-9-28-30/h1,3-5,7-9,11-13,20H,2,6,10,14-16H2,(H,27,31). The van der Waals surface area contributed by atoms with Gasteiger partial charge in [0.25, 0.3) is 5.91 Å². The number of carbonyl (C=O) groups is 2. The lowest BCUT2D eigenvalue weighted by atomic mass is 9.96. The number of carbonyl (C=O) groups excluding carboxylic acids is 2. The summed E-state index contributed by atoms with van der Waals surface area (Å²) in [4.78, 5) is 27.4. The smallest absolute Gasteiger partial charge is 0.253 e. The SMILES string of the molecule is O=C(NCc1cccc(Cn2cccn2)c1)C1CCCN(C(=O)c2ccc(Cl)c(Cl)c2)C1. The van der Waals surface area contributed by atoms with Gasteiger partial charge in [-0.1, -0.05) is 47.5 Å². The quantitative estimate of drug-likeness (QED) is 0.580. The van der Waals surface area contributed by atoms with Crippen molar-refractivity contribution in [3.8, 4) is 0 Å². The molecule has 1 fully saturated rings. The summed E-state index contributed by atoms with van der Waals surface area (Å²) in [6.45, 7) is 2.15. The molecule has 1 N–H and O–H groups in total. The summed E-state index contributed by atoms with van der Waals surface area (Å²) in [5.74, 6) is -0.399. The number of likely N-dealkylation sites (tertiary alicyclic amines) is 1. The second kappa shape index (κ2) is 10.2. The zero-order chi connectivity index (χ0) is 22.5. The minimum Gasteiger partial charge on any atom is -0.352 e. The van der Waals surface area contributed by atoms with Crippen LogP contribution in [0.5, 0.6) is 0 Å². The Hall–Kier alpha value is -2.83. The molecular formula is C24H24Cl2N4O2. The predicted molar refractivity (Wildman–Crippen MR) is 125 cm³/mol. The van der Waals surface area contributed by atoms with Gasteiger partial charge in [0.2, 0.25) is 5.91 Å². The van der Waals surface area contributed by atoms with Gasteiger partial charge in [0.1, 0.15) is 0 Å². The van der Waals surface area contributed by atoms with Crippen LogP contribution in [0.15, 0.2) is 60.9 Å². The maximum absolute atomic E-state index is 12.9. The lowest BCUT2D eigenvalue weighted by Crippen LogP contribution is -2.45. The molecule has 8 heteroatoms. The number of hydrogen-bond donors (Lipinski definition) is 1. The summed E-state index contributed by atoms with van der Waals surface area (Å²) in [6, 6.07) is 14.8. The van der Waals surface area contributed by atoms with Gasteiger partial charge in [-0.3, -0.25) is 14.3 Å². The first kappa shape index (κ1) is 22.4. The van der Waals surface area contributed by atoms with Crippen molar-refractivity contribution in [1.29, 1.82) is 0 Å². The number of nitrogens with one attached hydrogen (secondary N) is 1.